The van der Waals surface area contributed by atoms with E-state index in [9.17, 15) is 49.1 Å². The van der Waals surface area contributed by atoms with Crippen molar-refractivity contribution in [2.45, 2.75) is 57.8 Å². The van der Waals surface area contributed by atoms with E-state index < -0.39 is 53.0 Å². The molecule has 0 atom stereocenters. The fraction of sp³-hybridized carbons (Fsp3) is 0.500. The van der Waals surface area contributed by atoms with Gasteiger partial charge in [-0.25, -0.2) is 25.3 Å². The van der Waals surface area contributed by atoms with Gasteiger partial charge in [0, 0.05) is 22.7 Å². The molecule has 0 aliphatic heterocycles. The minimum Gasteiger partial charge on any atom is -0.748 e. The van der Waals surface area contributed by atoms with Crippen LogP contribution >= 0.6 is 0 Å². The Labute approximate surface area is 309 Å². The number of phenolic OH excluding ortho intramolecular Hbond substituents is 2. The van der Waals surface area contributed by atoms with Gasteiger partial charge < -0.3 is 23.9 Å². The smallest absolute Gasteiger partial charge is 0.748 e. The van der Waals surface area contributed by atoms with Gasteiger partial charge in [0.2, 0.25) is 0 Å². The monoisotopic (exact) mass is 660 g/mol. The van der Waals surface area contributed by atoms with E-state index in [4.69, 9.17) is 0 Å². The second-order valence-corrected chi connectivity index (χ2v) is 14.3. The summed E-state index contributed by atoms with van der Waals surface area (Å²) in [7, 11) is -13.3. The second-order valence-electron chi connectivity index (χ2n) is 9.71. The van der Waals surface area contributed by atoms with Crippen molar-refractivity contribution < 1.29 is 138 Å². The summed E-state index contributed by atoms with van der Waals surface area (Å²) in [6.45, 7) is 3.69. The summed E-state index contributed by atoms with van der Waals surface area (Å²) in [5.41, 5.74) is 1.69. The van der Waals surface area contributed by atoms with Crippen molar-refractivity contribution in [3.8, 4) is 11.5 Å². The maximum Gasteiger partial charge on any atom is 1.00 e. The van der Waals surface area contributed by atoms with E-state index in [0.717, 1.165) is 0 Å². The van der Waals surface area contributed by atoms with E-state index in [1.165, 1.54) is 6.07 Å². The van der Waals surface area contributed by atoms with Crippen molar-refractivity contribution in [3.63, 3.8) is 0 Å². The van der Waals surface area contributed by atoms with Crippen LogP contribution in [0.3, 0.4) is 0 Å². The molecule has 0 fully saturated rings. The fourth-order valence-corrected chi connectivity index (χ4v) is 5.66. The number of aryl methyl sites for hydroxylation is 3. The predicted octanol–water partition coefficient (Wildman–Crippen LogP) is -7.13. The van der Waals surface area contributed by atoms with Gasteiger partial charge in [-0.05, 0) is 72.4 Å². The third-order valence-corrected chi connectivity index (χ3v) is 8.68. The van der Waals surface area contributed by atoms with Crippen molar-refractivity contribution >= 4 is 30.4 Å². The average molecular weight is 661 g/mol. The maximum atomic E-state index is 11.0. The van der Waals surface area contributed by atoms with Gasteiger partial charge in [-0.1, -0.05) is 38.1 Å². The van der Waals surface area contributed by atoms with Crippen molar-refractivity contribution in [3.05, 3.63) is 58.1 Å². The molecule has 2 rings (SSSR count). The largest absolute Gasteiger partial charge is 1.00 e. The van der Waals surface area contributed by atoms with Gasteiger partial charge in [-0.3, -0.25) is 0 Å². The molecule has 2 N–H and O–H groups in total. The van der Waals surface area contributed by atoms with Crippen LogP contribution in [0.1, 0.15) is 60.9 Å². The molecule has 0 unspecified atom stereocenters. The number of aromatic hydroxyl groups is 2. The Morgan fingerprint density at radius 3 is 1.32 bits per heavy atom. The van der Waals surface area contributed by atoms with Crippen LogP contribution in [-0.4, -0.2) is 66.4 Å². The molecule has 2 aromatic carbocycles. The van der Waals surface area contributed by atoms with Gasteiger partial charge >= 0.3 is 88.7 Å². The van der Waals surface area contributed by atoms with Crippen molar-refractivity contribution in [2.24, 2.45) is 0 Å². The second kappa shape index (κ2) is 18.1. The molecule has 0 aliphatic carbocycles. The average Bonchev–Trinajstić information content (AvgIpc) is 2.74. The first-order valence-electron chi connectivity index (χ1n) is 11.8. The van der Waals surface area contributed by atoms with E-state index in [2.05, 4.69) is 0 Å². The molecule has 0 saturated heterocycles. The van der Waals surface area contributed by atoms with Crippen LogP contribution in [0.4, 0.5) is 0 Å². The molecule has 0 saturated carbocycles. The summed E-state index contributed by atoms with van der Waals surface area (Å²) in [6.07, 6.45) is 0.148. The molecule has 0 spiro atoms. The van der Waals surface area contributed by atoms with Crippen LogP contribution in [0.15, 0.2) is 30.3 Å². The zero-order chi connectivity index (χ0) is 28.9. The Morgan fingerprint density at radius 1 is 0.610 bits per heavy atom. The zero-order valence-corrected chi connectivity index (χ0v) is 32.5. The number of phenols is 2. The predicted molar refractivity (Wildman–Crippen MR) is 137 cm³/mol. The zero-order valence-electron chi connectivity index (χ0n) is 24.0. The Morgan fingerprint density at radius 2 is 0.951 bits per heavy atom. The molecule has 0 aromatic heterocycles. The van der Waals surface area contributed by atoms with Crippen LogP contribution in [-0.2, 0) is 55.0 Å². The summed E-state index contributed by atoms with van der Waals surface area (Å²) in [5, 5.41) is 21.0. The minimum atomic E-state index is -4.47. The summed E-state index contributed by atoms with van der Waals surface area (Å²) in [6, 6.07) is 8.07. The van der Waals surface area contributed by atoms with Gasteiger partial charge in [0.05, 0.1) is 30.4 Å². The molecule has 0 radical (unpaired) electrons. The van der Waals surface area contributed by atoms with Crippen molar-refractivity contribution in [1.29, 1.82) is 0 Å². The van der Waals surface area contributed by atoms with Crippen LogP contribution < -0.4 is 88.7 Å². The molecule has 2 aromatic rings. The molecule has 214 valence electrons. The van der Waals surface area contributed by atoms with Crippen molar-refractivity contribution in [1.82, 2.24) is 0 Å². The maximum absolute atomic E-state index is 11.0. The normalized spacial score (nSPS) is 12.1. The molecule has 17 heteroatoms. The quantitative estimate of drug-likeness (QED) is 0.144. The third-order valence-electron chi connectivity index (χ3n) is 6.31. The Kier molecular flexibility index (Phi) is 19.3. The van der Waals surface area contributed by atoms with Crippen LogP contribution in [0.25, 0.3) is 0 Å². The molecule has 0 aliphatic rings. The van der Waals surface area contributed by atoms with E-state index in [1.807, 2.05) is 13.8 Å². The van der Waals surface area contributed by atoms with E-state index in [0.29, 0.717) is 27.8 Å². The molecule has 0 heterocycles. The summed E-state index contributed by atoms with van der Waals surface area (Å²) < 4.78 is 99.0. The number of rotatable bonds is 14. The molecule has 0 amide bonds. The first-order chi connectivity index (χ1) is 17.3. The van der Waals surface area contributed by atoms with Crippen LogP contribution in [0.5, 0.6) is 11.5 Å². The van der Waals surface area contributed by atoms with Gasteiger partial charge in [0.25, 0.3) is 0 Å². The Hall–Kier alpha value is 0.770. The Balaban J connectivity index is 0. The van der Waals surface area contributed by atoms with Crippen LogP contribution in [0, 0.1) is 0 Å². The van der Waals surface area contributed by atoms with Crippen molar-refractivity contribution in [2.75, 3.05) is 17.3 Å². The van der Waals surface area contributed by atoms with Gasteiger partial charge in [-0.15, -0.1) is 0 Å². The van der Waals surface area contributed by atoms with Gasteiger partial charge in [-0.2, -0.15) is 0 Å². The number of hydrogen-bond donors (Lipinski definition) is 2. The molecular weight excluding hydrogens is 629 g/mol. The minimum absolute atomic E-state index is 0. The third kappa shape index (κ3) is 15.6. The summed E-state index contributed by atoms with van der Waals surface area (Å²) in [4.78, 5) is 0. The SMILES string of the molecule is CC(C)(c1ccc(O)c(CCCS(=O)(=O)[O-])c1)c1cc(CCCS(=O)(=O)[O-])c(O)c(CCCS(=O)(=O)[O-])c1.[Na+].[Na+].[Na+]. The fourth-order valence-electron chi connectivity index (χ4n) is 4.16. The summed E-state index contributed by atoms with van der Waals surface area (Å²) in [5.74, 6) is -2.10. The number of benzene rings is 2. The Bertz CT molecular complexity index is 1420. The van der Waals surface area contributed by atoms with Crippen LogP contribution in [0.2, 0.25) is 0 Å². The standard InChI is InChI=1S/C24H34O11S3.3Na/c1-24(2,20-9-10-22(25)17(14-20)6-3-11-36(27,28)29)21-15-18(7-4-12-37(30,31)32)23(26)19(16-21)8-5-13-38(33,34)35;;;/h9-10,14-16,25-26H,3-8,11-13H2,1-2H3,(H,27,28,29)(H,30,31,32)(H,33,34,35);;;/q;3*+1/p-3. The molecule has 0 bridgehead atoms. The molecule has 11 nitrogen and oxygen atoms in total. The van der Waals surface area contributed by atoms with E-state index in [1.54, 1.807) is 24.3 Å². The first-order valence-corrected chi connectivity index (χ1v) is 16.5. The van der Waals surface area contributed by atoms with E-state index >= 15 is 0 Å². The topological polar surface area (TPSA) is 212 Å². The summed E-state index contributed by atoms with van der Waals surface area (Å²) >= 11 is 0. The molecule has 41 heavy (non-hydrogen) atoms. The first kappa shape index (κ1) is 43.9. The van der Waals surface area contributed by atoms with E-state index in [-0.39, 0.29) is 139 Å². The molecular formula is C24H31Na3O11S3. The number of hydrogen-bond acceptors (Lipinski definition) is 11. The van der Waals surface area contributed by atoms with Gasteiger partial charge in [0.15, 0.2) is 0 Å². The van der Waals surface area contributed by atoms with Gasteiger partial charge in [0.1, 0.15) is 11.5 Å².